The van der Waals surface area contributed by atoms with E-state index in [2.05, 4.69) is 11.0 Å². The molecule has 1 aliphatic rings. The van der Waals surface area contributed by atoms with Gasteiger partial charge in [0.25, 0.3) is 0 Å². The number of rotatable bonds is 5. The van der Waals surface area contributed by atoms with Crippen molar-refractivity contribution in [2.75, 3.05) is 33.4 Å². The van der Waals surface area contributed by atoms with Crippen LogP contribution in [0.2, 0.25) is 0 Å². The molecule has 0 radical (unpaired) electrons. The molecule has 4 heteroatoms. The maximum Gasteiger partial charge on any atom is 0.0817 e. The van der Waals surface area contributed by atoms with Gasteiger partial charge in [0.15, 0.2) is 0 Å². The lowest BCUT2D eigenvalue weighted by Crippen LogP contribution is -2.45. The van der Waals surface area contributed by atoms with E-state index in [-0.39, 0.29) is 0 Å². The van der Waals surface area contributed by atoms with Gasteiger partial charge in [0.05, 0.1) is 11.7 Å². The van der Waals surface area contributed by atoms with Crippen molar-refractivity contribution in [1.82, 2.24) is 4.90 Å². The zero-order valence-electron chi connectivity index (χ0n) is 9.41. The first-order valence-electron chi connectivity index (χ1n) is 5.52. The molecule has 4 nitrogen and oxygen atoms in total. The van der Waals surface area contributed by atoms with Crippen LogP contribution in [0, 0.1) is 11.3 Å². The molecule has 1 N–H and O–H groups in total. The van der Waals surface area contributed by atoms with Crippen LogP contribution in [0.15, 0.2) is 0 Å². The maximum absolute atomic E-state index is 10.2. The average molecular weight is 212 g/mol. The smallest absolute Gasteiger partial charge is 0.0817 e. The van der Waals surface area contributed by atoms with Crippen LogP contribution in [-0.4, -0.2) is 49.0 Å². The Bertz CT molecular complexity index is 219. The van der Waals surface area contributed by atoms with Gasteiger partial charge >= 0.3 is 0 Å². The Labute approximate surface area is 91.4 Å². The molecule has 0 unspecified atom stereocenters. The van der Waals surface area contributed by atoms with Crippen LogP contribution >= 0.6 is 0 Å². The third kappa shape index (κ3) is 4.61. The van der Waals surface area contributed by atoms with Crippen LogP contribution < -0.4 is 0 Å². The fraction of sp³-hybridized carbons (Fsp3) is 0.909. The number of nitrogens with zero attached hydrogens (tertiary/aromatic N) is 2. The second-order valence-electron chi connectivity index (χ2n) is 4.34. The highest BCUT2D eigenvalue weighted by Gasteiger charge is 2.30. The highest BCUT2D eigenvalue weighted by molar-refractivity contribution is 4.84. The standard InChI is InChI=1S/C11H20N2O2/c1-13(7-3-2-6-12)10-11(14)4-8-15-9-5-11/h14H,2-5,7-10H2,1H3. The number of unbranched alkanes of at least 4 members (excludes halogenated alkanes) is 1. The molecule has 1 aliphatic heterocycles. The van der Waals surface area contributed by atoms with Crippen LogP contribution in [-0.2, 0) is 4.74 Å². The van der Waals surface area contributed by atoms with Gasteiger partial charge in [-0.2, -0.15) is 5.26 Å². The topological polar surface area (TPSA) is 56.5 Å². The van der Waals surface area contributed by atoms with Crippen molar-refractivity contribution in [1.29, 1.82) is 5.26 Å². The Morgan fingerprint density at radius 1 is 1.47 bits per heavy atom. The third-order valence-corrected chi connectivity index (χ3v) is 2.82. The molecule has 0 spiro atoms. The number of likely N-dealkylation sites (N-methyl/N-ethyl adjacent to an activating group) is 1. The summed E-state index contributed by atoms with van der Waals surface area (Å²) in [6.07, 6.45) is 2.90. The van der Waals surface area contributed by atoms with Crippen molar-refractivity contribution in [3.63, 3.8) is 0 Å². The molecule has 1 fully saturated rings. The molecule has 15 heavy (non-hydrogen) atoms. The minimum absolute atomic E-state index is 0.584. The molecular weight excluding hydrogens is 192 g/mol. The fourth-order valence-electron chi connectivity index (χ4n) is 1.92. The SMILES string of the molecule is CN(CCCC#N)CC1(O)CCOCC1. The summed E-state index contributed by atoms with van der Waals surface area (Å²) in [7, 11) is 1.99. The summed E-state index contributed by atoms with van der Waals surface area (Å²) in [5, 5.41) is 18.6. The number of nitriles is 1. The van der Waals surface area contributed by atoms with E-state index >= 15 is 0 Å². The molecule has 1 saturated heterocycles. The monoisotopic (exact) mass is 212 g/mol. The Morgan fingerprint density at radius 3 is 2.73 bits per heavy atom. The van der Waals surface area contributed by atoms with Crippen LogP contribution in [0.25, 0.3) is 0 Å². The van der Waals surface area contributed by atoms with Crippen molar-refractivity contribution in [3.05, 3.63) is 0 Å². The minimum atomic E-state index is -0.584. The molecule has 1 heterocycles. The summed E-state index contributed by atoms with van der Waals surface area (Å²) < 4.78 is 5.22. The molecule has 1 rings (SSSR count). The van der Waals surface area contributed by atoms with Gasteiger partial charge in [-0.15, -0.1) is 0 Å². The van der Waals surface area contributed by atoms with Gasteiger partial charge in [0, 0.05) is 39.0 Å². The lowest BCUT2D eigenvalue weighted by molar-refractivity contribution is -0.0768. The molecule has 0 saturated carbocycles. The number of hydrogen-bond acceptors (Lipinski definition) is 4. The van der Waals surface area contributed by atoms with E-state index in [4.69, 9.17) is 10.00 Å². The molecule has 86 valence electrons. The summed E-state index contributed by atoms with van der Waals surface area (Å²) in [4.78, 5) is 2.10. The maximum atomic E-state index is 10.2. The van der Waals surface area contributed by atoms with Gasteiger partial charge in [0.1, 0.15) is 0 Å². The molecule has 0 aromatic carbocycles. The third-order valence-electron chi connectivity index (χ3n) is 2.82. The first kappa shape index (κ1) is 12.4. The van der Waals surface area contributed by atoms with E-state index < -0.39 is 5.60 Å². The normalized spacial score (nSPS) is 20.1. The fourth-order valence-corrected chi connectivity index (χ4v) is 1.92. The quantitative estimate of drug-likeness (QED) is 0.684. The van der Waals surface area contributed by atoms with Gasteiger partial charge in [-0.3, -0.25) is 0 Å². The zero-order valence-corrected chi connectivity index (χ0v) is 9.41. The Balaban J connectivity index is 2.23. The summed E-state index contributed by atoms with van der Waals surface area (Å²) in [5.41, 5.74) is -0.584. The predicted molar refractivity (Wildman–Crippen MR) is 57.3 cm³/mol. The van der Waals surface area contributed by atoms with Gasteiger partial charge in [-0.1, -0.05) is 0 Å². The van der Waals surface area contributed by atoms with E-state index in [1.165, 1.54) is 0 Å². The summed E-state index contributed by atoms with van der Waals surface area (Å²) >= 11 is 0. The molecule has 0 atom stereocenters. The Hall–Kier alpha value is -0.630. The predicted octanol–water partition coefficient (Wildman–Crippen LogP) is 0.763. The zero-order chi connectivity index (χ0) is 11.1. The van der Waals surface area contributed by atoms with Crippen molar-refractivity contribution < 1.29 is 9.84 Å². The van der Waals surface area contributed by atoms with Gasteiger partial charge in [-0.05, 0) is 20.0 Å². The first-order chi connectivity index (χ1) is 7.16. The molecule has 0 bridgehead atoms. The Kier molecular flexibility index (Phi) is 5.03. The molecule has 0 amide bonds. The van der Waals surface area contributed by atoms with Crippen molar-refractivity contribution in [2.24, 2.45) is 0 Å². The van der Waals surface area contributed by atoms with Crippen LogP contribution in [0.4, 0.5) is 0 Å². The van der Waals surface area contributed by atoms with Gasteiger partial charge in [0.2, 0.25) is 0 Å². The average Bonchev–Trinajstić information content (AvgIpc) is 2.18. The lowest BCUT2D eigenvalue weighted by atomic mass is 9.94. The van der Waals surface area contributed by atoms with E-state index in [1.807, 2.05) is 7.05 Å². The highest BCUT2D eigenvalue weighted by Crippen LogP contribution is 2.21. The number of aliphatic hydroxyl groups is 1. The minimum Gasteiger partial charge on any atom is -0.388 e. The van der Waals surface area contributed by atoms with Crippen molar-refractivity contribution >= 4 is 0 Å². The summed E-state index contributed by atoms with van der Waals surface area (Å²) in [6, 6.07) is 2.13. The van der Waals surface area contributed by atoms with Gasteiger partial charge in [-0.25, -0.2) is 0 Å². The summed E-state index contributed by atoms with van der Waals surface area (Å²) in [5.74, 6) is 0. The second-order valence-corrected chi connectivity index (χ2v) is 4.34. The molecule has 0 aromatic heterocycles. The second kappa shape index (κ2) is 6.06. The molecule has 0 aromatic rings. The Morgan fingerprint density at radius 2 is 2.13 bits per heavy atom. The number of hydrogen-bond donors (Lipinski definition) is 1. The first-order valence-corrected chi connectivity index (χ1v) is 5.52. The van der Waals surface area contributed by atoms with E-state index in [9.17, 15) is 5.11 Å². The van der Waals surface area contributed by atoms with E-state index in [1.54, 1.807) is 0 Å². The molecular formula is C11H20N2O2. The van der Waals surface area contributed by atoms with Crippen molar-refractivity contribution in [3.8, 4) is 6.07 Å². The number of ether oxygens (including phenoxy) is 1. The largest absolute Gasteiger partial charge is 0.388 e. The van der Waals surface area contributed by atoms with E-state index in [0.717, 1.165) is 25.8 Å². The van der Waals surface area contributed by atoms with Gasteiger partial charge < -0.3 is 14.7 Å². The van der Waals surface area contributed by atoms with Crippen molar-refractivity contribution in [2.45, 2.75) is 31.3 Å². The van der Waals surface area contributed by atoms with Crippen LogP contribution in [0.1, 0.15) is 25.7 Å². The lowest BCUT2D eigenvalue weighted by Gasteiger charge is -2.35. The van der Waals surface area contributed by atoms with E-state index in [0.29, 0.717) is 26.2 Å². The highest BCUT2D eigenvalue weighted by atomic mass is 16.5. The van der Waals surface area contributed by atoms with Crippen LogP contribution in [0.5, 0.6) is 0 Å². The van der Waals surface area contributed by atoms with Crippen LogP contribution in [0.3, 0.4) is 0 Å². The molecule has 0 aliphatic carbocycles. The summed E-state index contributed by atoms with van der Waals surface area (Å²) in [6.45, 7) is 2.86.